The monoisotopic (exact) mass is 1050 g/mol. The summed E-state index contributed by atoms with van der Waals surface area (Å²) in [6.07, 6.45) is 3.89. The number of rotatable bonds is 26. The van der Waals surface area contributed by atoms with Gasteiger partial charge in [-0.05, 0) is 23.4 Å². The summed E-state index contributed by atoms with van der Waals surface area (Å²) in [5.74, 6) is 0.430. The number of nitrogens with zero attached hydrogens (tertiary/aromatic N) is 13. The number of nitrogens with one attached hydrogen (secondary N) is 2. The van der Waals surface area contributed by atoms with Crippen molar-refractivity contribution in [3.8, 4) is 12.3 Å². The van der Waals surface area contributed by atoms with Gasteiger partial charge in [0.25, 0.3) is 0 Å². The van der Waals surface area contributed by atoms with Crippen LogP contribution in [0.15, 0.2) is 42.7 Å². The number of aromatic amines is 1. The molecule has 4 aromatic heterocycles. The molecule has 0 bridgehead atoms. The maximum Gasteiger partial charge on any atom is 0.490 e. The zero-order valence-electron chi connectivity index (χ0n) is 41.8. The SMILES string of the molecule is C#CCOCCOCCOCCNc1nc(N2CCN(C(=O)C([C@@H](C)CC)n3cc(C(N)COC(=O)C(F)(F)F)nn3)CC2)nc(N2CCN(C(=O)[C@H](Cc3cc4ccccc4[nH]3)n3cc(C(N)CO)nn3)CC2)n1. The summed E-state index contributed by atoms with van der Waals surface area (Å²) in [4.78, 5) is 65.4. The van der Waals surface area contributed by atoms with E-state index in [1.54, 1.807) is 16.0 Å². The first kappa shape index (κ1) is 55.7. The number of hydrogen-bond acceptors (Lipinski definition) is 20. The average molecular weight is 1050 g/mol. The van der Waals surface area contributed by atoms with Crippen LogP contribution in [0.4, 0.5) is 31.0 Å². The molecule has 406 valence electrons. The van der Waals surface area contributed by atoms with Gasteiger partial charge in [-0.25, -0.2) is 14.2 Å². The van der Waals surface area contributed by atoms with Crippen LogP contribution < -0.4 is 26.6 Å². The number of alkyl halides is 3. The van der Waals surface area contributed by atoms with Crippen LogP contribution in [0.25, 0.3) is 10.9 Å². The van der Waals surface area contributed by atoms with Crippen molar-refractivity contribution in [3.05, 3.63) is 59.8 Å². The lowest BCUT2D eigenvalue weighted by atomic mass is 9.97. The fourth-order valence-electron chi connectivity index (χ4n) is 8.39. The van der Waals surface area contributed by atoms with E-state index in [2.05, 4.69) is 41.6 Å². The van der Waals surface area contributed by atoms with Gasteiger partial charge in [0.05, 0.1) is 64.1 Å². The predicted molar refractivity (Wildman–Crippen MR) is 265 cm³/mol. The highest BCUT2D eigenvalue weighted by atomic mass is 19.4. The Hall–Kier alpha value is -7.03. The summed E-state index contributed by atoms with van der Waals surface area (Å²) in [7, 11) is 0. The van der Waals surface area contributed by atoms with Gasteiger partial charge in [0.2, 0.25) is 29.7 Å². The van der Waals surface area contributed by atoms with Gasteiger partial charge in [-0.3, -0.25) is 9.59 Å². The normalized spacial score (nSPS) is 16.4. The topological polar surface area (TPSA) is 301 Å². The van der Waals surface area contributed by atoms with E-state index < -0.39 is 42.9 Å². The van der Waals surface area contributed by atoms with Gasteiger partial charge in [0.15, 0.2) is 0 Å². The number of carbonyl (C=O) groups excluding carboxylic acids is 3. The summed E-state index contributed by atoms with van der Waals surface area (Å²) in [5.41, 5.74) is 14.2. The second kappa shape index (κ2) is 26.5. The van der Waals surface area contributed by atoms with Crippen LogP contribution in [0.3, 0.4) is 0 Å². The van der Waals surface area contributed by atoms with Crippen molar-refractivity contribution in [3.63, 3.8) is 0 Å². The van der Waals surface area contributed by atoms with Gasteiger partial charge < -0.3 is 65.4 Å². The number of anilines is 3. The van der Waals surface area contributed by atoms with Gasteiger partial charge >= 0.3 is 12.1 Å². The number of terminal acetylenes is 1. The Morgan fingerprint density at radius 2 is 1.41 bits per heavy atom. The first-order chi connectivity index (χ1) is 36.2. The number of aliphatic hydroxyl groups is 1. The minimum Gasteiger partial charge on any atom is -0.457 e. The van der Waals surface area contributed by atoms with Crippen LogP contribution in [0.1, 0.15) is 61.5 Å². The molecule has 2 aliphatic heterocycles. The number of nitrogens with two attached hydrogens (primary N) is 2. The van der Waals surface area contributed by atoms with Crippen LogP contribution in [-0.2, 0) is 39.8 Å². The maximum absolute atomic E-state index is 14.5. The molecular weight excluding hydrogens is 988 g/mol. The Labute approximate surface area is 430 Å². The van der Waals surface area contributed by atoms with E-state index >= 15 is 0 Å². The van der Waals surface area contributed by atoms with E-state index in [-0.39, 0.29) is 49.7 Å². The highest BCUT2D eigenvalue weighted by Gasteiger charge is 2.41. The minimum atomic E-state index is -5.18. The van der Waals surface area contributed by atoms with E-state index in [9.17, 15) is 32.7 Å². The number of hydrogen-bond donors (Lipinski definition) is 5. The van der Waals surface area contributed by atoms with Crippen LogP contribution >= 0.6 is 0 Å². The Bertz CT molecular complexity index is 2650. The largest absolute Gasteiger partial charge is 0.490 e. The van der Waals surface area contributed by atoms with E-state index in [4.69, 9.17) is 47.1 Å². The Balaban J connectivity index is 1.02. The number of fused-ring (bicyclic) bond motifs is 1. The van der Waals surface area contributed by atoms with Crippen molar-refractivity contribution in [1.29, 1.82) is 0 Å². The van der Waals surface area contributed by atoms with E-state index in [0.717, 1.165) is 16.6 Å². The lowest BCUT2D eigenvalue weighted by Gasteiger charge is -2.38. The average Bonchev–Trinajstić information content (AvgIpc) is 4.22. The Morgan fingerprint density at radius 1 is 0.827 bits per heavy atom. The number of para-hydroxylation sites is 1. The van der Waals surface area contributed by atoms with Gasteiger partial charge in [0.1, 0.15) is 36.7 Å². The van der Waals surface area contributed by atoms with E-state index in [0.29, 0.717) is 115 Å². The van der Waals surface area contributed by atoms with Crippen molar-refractivity contribution in [1.82, 2.24) is 59.7 Å². The zero-order valence-corrected chi connectivity index (χ0v) is 41.8. The molecule has 5 aromatic rings. The van der Waals surface area contributed by atoms with Crippen molar-refractivity contribution in [2.45, 2.75) is 57.0 Å². The lowest BCUT2D eigenvalue weighted by molar-refractivity contribution is -0.200. The zero-order chi connectivity index (χ0) is 53.5. The first-order valence-corrected chi connectivity index (χ1v) is 24.7. The third-order valence-corrected chi connectivity index (χ3v) is 12.8. The standard InChI is InChI=1S/C47H64F3N17O8/c1-4-19-72-21-23-74-24-22-73-20-10-53-44-55-45(64-15-11-62(12-16-64)41(69)39(66-27-37(58-60-66)34(51)29-68)26-33-25-32-8-6-7-9-36(32)54-33)57-46(56-44)65-17-13-63(14-18-65)42(70)40(31(3)5-2)67-28-38(59-61-67)35(52)30-75-43(71)47(48,49)50/h1,6-9,25,27-28,31,34-35,39-40,54,68H,5,10-24,26,29-30,51-52H2,2-3H3,(H,53,55,56,57)/t31-,34?,35?,39-,40?/m0/s1. The molecular formula is C47H64F3N17O8. The number of ether oxygens (including phenoxy) is 4. The fraction of sp³-hybridized carbons (Fsp3) is 0.574. The highest BCUT2D eigenvalue weighted by Crippen LogP contribution is 2.28. The van der Waals surface area contributed by atoms with Crippen molar-refractivity contribution >= 4 is 46.5 Å². The molecule has 2 aliphatic rings. The van der Waals surface area contributed by atoms with Gasteiger partial charge in [-0.1, -0.05) is 54.8 Å². The van der Waals surface area contributed by atoms with E-state index in [1.165, 1.54) is 15.6 Å². The second-order valence-electron chi connectivity index (χ2n) is 18.0. The van der Waals surface area contributed by atoms with Crippen LogP contribution in [0.5, 0.6) is 0 Å². The number of amides is 2. The number of aromatic nitrogens is 10. The quantitative estimate of drug-likeness (QED) is 0.0291. The van der Waals surface area contributed by atoms with Crippen molar-refractivity contribution in [2.75, 3.05) is 127 Å². The highest BCUT2D eigenvalue weighted by molar-refractivity contribution is 5.83. The molecule has 7 rings (SSSR count). The molecule has 0 saturated carbocycles. The molecule has 1 aromatic carbocycles. The summed E-state index contributed by atoms with van der Waals surface area (Å²) in [6, 6.07) is 6.27. The third kappa shape index (κ3) is 14.9. The maximum atomic E-state index is 14.5. The fourth-order valence-corrected chi connectivity index (χ4v) is 8.39. The molecule has 6 heterocycles. The van der Waals surface area contributed by atoms with Crippen molar-refractivity contribution in [2.24, 2.45) is 17.4 Å². The summed E-state index contributed by atoms with van der Waals surface area (Å²) in [5, 5.41) is 30.5. The molecule has 0 aliphatic carbocycles. The number of carbonyl (C=O) groups is 3. The van der Waals surface area contributed by atoms with Crippen LogP contribution in [0, 0.1) is 18.3 Å². The first-order valence-electron chi connectivity index (χ1n) is 24.7. The minimum absolute atomic E-state index is 0.0503. The second-order valence-corrected chi connectivity index (χ2v) is 18.0. The molecule has 28 heteroatoms. The molecule has 0 spiro atoms. The number of H-pyrrole nitrogens is 1. The molecule has 2 amide bonds. The van der Waals surface area contributed by atoms with Gasteiger partial charge in [-0.15, -0.1) is 16.6 Å². The van der Waals surface area contributed by atoms with E-state index in [1.807, 2.05) is 54.0 Å². The molecule has 75 heavy (non-hydrogen) atoms. The number of esters is 1. The lowest BCUT2D eigenvalue weighted by Crippen LogP contribution is -2.52. The predicted octanol–water partition coefficient (Wildman–Crippen LogP) is 0.797. The number of halogens is 3. The van der Waals surface area contributed by atoms with Crippen molar-refractivity contribution < 1.29 is 51.6 Å². The number of piperazine rings is 2. The third-order valence-electron chi connectivity index (χ3n) is 12.8. The Kier molecular flexibility index (Phi) is 19.6. The summed E-state index contributed by atoms with van der Waals surface area (Å²) >= 11 is 0. The Morgan fingerprint density at radius 3 is 2.03 bits per heavy atom. The molecule has 0 radical (unpaired) electrons. The van der Waals surface area contributed by atoms with Gasteiger partial charge in [0, 0.05) is 76.5 Å². The van der Waals surface area contributed by atoms with Crippen LogP contribution in [0.2, 0.25) is 0 Å². The summed E-state index contributed by atoms with van der Waals surface area (Å²) in [6.45, 7) is 7.75. The molecule has 5 atom stereocenters. The summed E-state index contributed by atoms with van der Waals surface area (Å²) < 4.78 is 61.8. The molecule has 3 unspecified atom stereocenters. The smallest absolute Gasteiger partial charge is 0.457 e. The molecule has 2 saturated heterocycles. The molecule has 2 fully saturated rings. The van der Waals surface area contributed by atoms with Crippen LogP contribution in [-0.4, -0.2) is 201 Å². The molecule has 7 N–H and O–H groups in total. The van der Waals surface area contributed by atoms with Gasteiger partial charge in [-0.2, -0.15) is 28.1 Å². The molecule has 25 nitrogen and oxygen atoms in total. The number of aliphatic hydroxyl groups excluding tert-OH is 1. The number of benzene rings is 1.